The zero-order valence-corrected chi connectivity index (χ0v) is 13.1. The summed E-state index contributed by atoms with van der Waals surface area (Å²) in [5.74, 6) is 0.781. The molecule has 3 aromatic rings. The summed E-state index contributed by atoms with van der Waals surface area (Å²) >= 11 is 1.34. The Morgan fingerprint density at radius 3 is 3.00 bits per heavy atom. The number of pyridine rings is 1. The van der Waals surface area contributed by atoms with Crippen LogP contribution in [0.5, 0.6) is 0 Å². The molecule has 116 valence electrons. The highest BCUT2D eigenvalue weighted by Crippen LogP contribution is 2.41. The van der Waals surface area contributed by atoms with E-state index >= 15 is 0 Å². The van der Waals surface area contributed by atoms with Gasteiger partial charge in [-0.25, -0.2) is 19.4 Å². The third-order valence-electron chi connectivity index (χ3n) is 3.69. The Bertz CT molecular complexity index is 824. The van der Waals surface area contributed by atoms with E-state index in [2.05, 4.69) is 15.1 Å². The van der Waals surface area contributed by atoms with Crippen LogP contribution in [0.4, 0.5) is 0 Å². The average molecular weight is 326 g/mol. The molecule has 0 N–H and O–H groups in total. The molecule has 0 spiro atoms. The quantitative estimate of drug-likeness (QED) is 0.674. The molecule has 1 saturated carbocycles. The highest BCUT2D eigenvalue weighted by molar-refractivity contribution is 7.11. The zero-order valence-electron chi connectivity index (χ0n) is 12.3. The zero-order chi connectivity index (χ0) is 15.6. The average Bonchev–Trinajstić information content (AvgIpc) is 3.09. The van der Waals surface area contributed by atoms with Crippen molar-refractivity contribution < 1.29 is 9.53 Å². The highest BCUT2D eigenvalue weighted by Gasteiger charge is 2.31. The first-order valence-corrected chi connectivity index (χ1v) is 8.25. The second-order valence-corrected chi connectivity index (χ2v) is 6.21. The molecule has 0 aromatic carbocycles. The highest BCUT2D eigenvalue weighted by atomic mass is 32.1. The van der Waals surface area contributed by atoms with Crippen molar-refractivity contribution in [3.63, 3.8) is 0 Å². The van der Waals surface area contributed by atoms with Gasteiger partial charge in [-0.2, -0.15) is 5.10 Å². The monoisotopic (exact) mass is 326 g/mol. The first-order chi connectivity index (χ1) is 11.3. The van der Waals surface area contributed by atoms with Crippen molar-refractivity contribution in [2.45, 2.75) is 25.4 Å². The summed E-state index contributed by atoms with van der Waals surface area (Å²) in [4.78, 5) is 21.6. The first kappa shape index (κ1) is 14.1. The van der Waals surface area contributed by atoms with Gasteiger partial charge in [0.15, 0.2) is 5.82 Å². The fraction of sp³-hybridized carbons (Fsp3) is 0.250. The van der Waals surface area contributed by atoms with Crippen molar-refractivity contribution in [2.75, 3.05) is 0 Å². The number of hydrogen-bond donors (Lipinski definition) is 0. The molecule has 1 fully saturated rings. The van der Waals surface area contributed by atoms with E-state index in [4.69, 9.17) is 4.74 Å². The maximum absolute atomic E-state index is 12.3. The van der Waals surface area contributed by atoms with Gasteiger partial charge in [0.25, 0.3) is 0 Å². The van der Waals surface area contributed by atoms with Crippen molar-refractivity contribution in [1.29, 1.82) is 0 Å². The first-order valence-electron chi connectivity index (χ1n) is 7.37. The Morgan fingerprint density at radius 1 is 1.30 bits per heavy atom. The minimum absolute atomic E-state index is 0.157. The standard InChI is InChI=1S/C16H14N4O2S/c21-16(14-13(11-4-5-11)18-10-23-14)22-9-12-3-1-6-17-15(12)20-8-2-7-19-20/h1-3,6-8,10-11H,4-5,9H2. The third kappa shape index (κ3) is 2.87. The molecular weight excluding hydrogens is 312 g/mol. The van der Waals surface area contributed by atoms with Crippen LogP contribution in [0.25, 0.3) is 5.82 Å². The maximum atomic E-state index is 12.3. The van der Waals surface area contributed by atoms with Crippen LogP contribution in [0.15, 0.2) is 42.3 Å². The van der Waals surface area contributed by atoms with Gasteiger partial charge in [0.05, 0.1) is 11.2 Å². The number of ether oxygens (including phenoxy) is 1. The molecule has 0 amide bonds. The van der Waals surface area contributed by atoms with E-state index in [1.807, 2.05) is 24.4 Å². The molecule has 0 radical (unpaired) electrons. The minimum Gasteiger partial charge on any atom is -0.456 e. The number of carbonyl (C=O) groups excluding carboxylic acids is 1. The largest absolute Gasteiger partial charge is 0.456 e. The van der Waals surface area contributed by atoms with Crippen molar-refractivity contribution in [3.05, 3.63) is 58.4 Å². The van der Waals surface area contributed by atoms with Gasteiger partial charge in [-0.1, -0.05) is 6.07 Å². The molecule has 7 heteroatoms. The SMILES string of the molecule is O=C(OCc1cccnc1-n1cccn1)c1scnc1C1CC1. The molecule has 4 rings (SSSR count). The van der Waals surface area contributed by atoms with E-state index in [1.54, 1.807) is 22.6 Å². The van der Waals surface area contributed by atoms with Crippen LogP contribution in [0.3, 0.4) is 0 Å². The van der Waals surface area contributed by atoms with Gasteiger partial charge in [0.1, 0.15) is 11.5 Å². The molecule has 0 saturated heterocycles. The number of nitrogens with zero attached hydrogens (tertiary/aromatic N) is 4. The van der Waals surface area contributed by atoms with Crippen molar-refractivity contribution in [1.82, 2.24) is 19.7 Å². The molecule has 6 nitrogen and oxygen atoms in total. The van der Waals surface area contributed by atoms with Gasteiger partial charge in [-0.05, 0) is 25.0 Å². The maximum Gasteiger partial charge on any atom is 0.350 e. The molecular formula is C16H14N4O2S. The summed E-state index contributed by atoms with van der Waals surface area (Å²) in [5, 5.41) is 4.18. The number of hydrogen-bond acceptors (Lipinski definition) is 6. The van der Waals surface area contributed by atoms with Crippen molar-refractivity contribution in [2.24, 2.45) is 0 Å². The van der Waals surface area contributed by atoms with E-state index in [0.29, 0.717) is 16.6 Å². The normalized spacial score (nSPS) is 13.9. The third-order valence-corrected chi connectivity index (χ3v) is 4.51. The number of thiazole rings is 1. The summed E-state index contributed by atoms with van der Waals surface area (Å²) in [7, 11) is 0. The molecule has 0 aliphatic heterocycles. The Hall–Kier alpha value is -2.54. The van der Waals surface area contributed by atoms with Crippen molar-refractivity contribution >= 4 is 17.3 Å². The summed E-state index contributed by atoms with van der Waals surface area (Å²) in [6, 6.07) is 5.52. The topological polar surface area (TPSA) is 69.9 Å². The molecule has 3 aromatic heterocycles. The van der Waals surface area contributed by atoms with Crippen LogP contribution in [0, 0.1) is 0 Å². The van der Waals surface area contributed by atoms with Crippen molar-refractivity contribution in [3.8, 4) is 5.82 Å². The Labute approximate surface area is 136 Å². The van der Waals surface area contributed by atoms with Gasteiger partial charge in [0, 0.05) is 30.1 Å². The smallest absolute Gasteiger partial charge is 0.350 e. The molecule has 0 atom stereocenters. The fourth-order valence-corrected chi connectivity index (χ4v) is 3.17. The summed E-state index contributed by atoms with van der Waals surface area (Å²) in [6.07, 6.45) is 7.40. The summed E-state index contributed by atoms with van der Waals surface area (Å²) in [5.41, 5.74) is 3.41. The van der Waals surface area contributed by atoms with Crippen LogP contribution in [-0.2, 0) is 11.3 Å². The van der Waals surface area contributed by atoms with E-state index in [1.165, 1.54) is 11.3 Å². The van der Waals surface area contributed by atoms with Gasteiger partial charge >= 0.3 is 5.97 Å². The summed E-state index contributed by atoms with van der Waals surface area (Å²) in [6.45, 7) is 0.157. The van der Waals surface area contributed by atoms with E-state index < -0.39 is 0 Å². The van der Waals surface area contributed by atoms with Crippen LogP contribution >= 0.6 is 11.3 Å². The lowest BCUT2D eigenvalue weighted by Crippen LogP contribution is -2.09. The molecule has 0 unspecified atom stereocenters. The van der Waals surface area contributed by atoms with Gasteiger partial charge in [-0.3, -0.25) is 0 Å². The Morgan fingerprint density at radius 2 is 2.22 bits per heavy atom. The lowest BCUT2D eigenvalue weighted by molar-refractivity contribution is 0.0476. The van der Waals surface area contributed by atoms with Crippen LogP contribution in [-0.4, -0.2) is 25.7 Å². The van der Waals surface area contributed by atoms with E-state index in [0.717, 1.165) is 24.1 Å². The fourth-order valence-electron chi connectivity index (χ4n) is 2.41. The lowest BCUT2D eigenvalue weighted by atomic mass is 10.2. The van der Waals surface area contributed by atoms with E-state index in [9.17, 15) is 4.79 Å². The molecule has 0 bridgehead atoms. The van der Waals surface area contributed by atoms with E-state index in [-0.39, 0.29) is 12.6 Å². The van der Waals surface area contributed by atoms with Crippen LogP contribution < -0.4 is 0 Å². The number of carbonyl (C=O) groups is 1. The Kier molecular flexibility index (Phi) is 3.63. The molecule has 1 aliphatic carbocycles. The minimum atomic E-state index is -0.315. The molecule has 1 aliphatic rings. The number of rotatable bonds is 5. The second-order valence-electron chi connectivity index (χ2n) is 5.35. The predicted octanol–water partition coefficient (Wildman–Crippen LogP) is 2.96. The van der Waals surface area contributed by atoms with Gasteiger partial charge < -0.3 is 4.74 Å². The van der Waals surface area contributed by atoms with Crippen LogP contribution in [0.2, 0.25) is 0 Å². The van der Waals surface area contributed by atoms with Gasteiger partial charge in [-0.15, -0.1) is 11.3 Å². The lowest BCUT2D eigenvalue weighted by Gasteiger charge is -2.09. The van der Waals surface area contributed by atoms with Crippen LogP contribution in [0.1, 0.15) is 39.7 Å². The predicted molar refractivity (Wildman–Crippen MR) is 84.6 cm³/mol. The molecule has 23 heavy (non-hydrogen) atoms. The molecule has 3 heterocycles. The summed E-state index contributed by atoms with van der Waals surface area (Å²) < 4.78 is 7.14. The second kappa shape index (κ2) is 5.92. The Balaban J connectivity index is 1.51. The number of aromatic nitrogens is 4. The van der Waals surface area contributed by atoms with Gasteiger partial charge in [0.2, 0.25) is 0 Å². The number of esters is 1.